The second-order valence-electron chi connectivity index (χ2n) is 7.93. The van der Waals surface area contributed by atoms with Crippen LogP contribution in [0.3, 0.4) is 0 Å². The molecule has 168 valence electrons. The molecular formula is C24H23N5O4. The van der Waals surface area contributed by atoms with E-state index in [1.807, 2.05) is 43.3 Å². The highest BCUT2D eigenvalue weighted by Gasteiger charge is 2.35. The van der Waals surface area contributed by atoms with Gasteiger partial charge in [0.15, 0.2) is 6.61 Å². The molecule has 0 N–H and O–H groups in total. The van der Waals surface area contributed by atoms with Crippen molar-refractivity contribution in [2.75, 3.05) is 31.1 Å². The van der Waals surface area contributed by atoms with Crippen LogP contribution < -0.4 is 9.64 Å². The zero-order valence-corrected chi connectivity index (χ0v) is 18.2. The Morgan fingerprint density at radius 2 is 1.73 bits per heavy atom. The van der Waals surface area contributed by atoms with Gasteiger partial charge in [0.1, 0.15) is 12.3 Å². The number of carbonyl (C=O) groups excluding carboxylic acids is 3. The van der Waals surface area contributed by atoms with Gasteiger partial charge >= 0.3 is 0 Å². The number of hydrazine groups is 1. The van der Waals surface area contributed by atoms with Crippen molar-refractivity contribution >= 4 is 23.4 Å². The highest BCUT2D eigenvalue weighted by Crippen LogP contribution is 2.31. The topological polar surface area (TPSA) is 88.0 Å². The fourth-order valence-corrected chi connectivity index (χ4v) is 4.21. The number of nitrogens with zero attached hydrogens (tertiary/aromatic N) is 5. The number of ether oxygens (including phenoxy) is 1. The molecule has 2 aliphatic heterocycles. The van der Waals surface area contributed by atoms with Gasteiger partial charge in [-0.1, -0.05) is 30.3 Å². The summed E-state index contributed by atoms with van der Waals surface area (Å²) in [4.78, 5) is 40.4. The van der Waals surface area contributed by atoms with Crippen molar-refractivity contribution in [3.8, 4) is 11.4 Å². The molecule has 1 saturated heterocycles. The van der Waals surface area contributed by atoms with Gasteiger partial charge in [-0.3, -0.25) is 19.3 Å². The molecular weight excluding hydrogens is 422 g/mol. The van der Waals surface area contributed by atoms with E-state index in [0.717, 1.165) is 5.69 Å². The Morgan fingerprint density at radius 1 is 1.00 bits per heavy atom. The maximum absolute atomic E-state index is 13.4. The van der Waals surface area contributed by atoms with E-state index in [4.69, 9.17) is 4.74 Å². The van der Waals surface area contributed by atoms with E-state index in [-0.39, 0.29) is 30.9 Å². The highest BCUT2D eigenvalue weighted by molar-refractivity contribution is 6.03. The van der Waals surface area contributed by atoms with E-state index in [1.54, 1.807) is 22.9 Å². The van der Waals surface area contributed by atoms with Crippen LogP contribution in [-0.4, -0.2) is 63.8 Å². The summed E-state index contributed by atoms with van der Waals surface area (Å²) in [5.41, 5.74) is 2.54. The van der Waals surface area contributed by atoms with Crippen molar-refractivity contribution in [2.24, 2.45) is 0 Å². The minimum Gasteiger partial charge on any atom is -0.482 e. The van der Waals surface area contributed by atoms with Crippen LogP contribution in [0.25, 0.3) is 5.69 Å². The summed E-state index contributed by atoms with van der Waals surface area (Å²) >= 11 is 0. The van der Waals surface area contributed by atoms with Crippen LogP contribution in [0.1, 0.15) is 22.5 Å². The summed E-state index contributed by atoms with van der Waals surface area (Å²) in [6.07, 6.45) is 2.20. The zero-order valence-electron chi connectivity index (χ0n) is 18.2. The minimum atomic E-state index is -0.320. The first-order chi connectivity index (χ1) is 16.0. The van der Waals surface area contributed by atoms with Gasteiger partial charge in [-0.25, -0.2) is 14.7 Å². The first kappa shape index (κ1) is 20.7. The average molecular weight is 445 g/mol. The quantitative estimate of drug-likeness (QED) is 0.614. The molecule has 0 radical (unpaired) electrons. The molecule has 5 rings (SSSR count). The van der Waals surface area contributed by atoms with E-state index in [2.05, 4.69) is 5.10 Å². The number of aromatic nitrogens is 2. The number of benzene rings is 2. The van der Waals surface area contributed by atoms with Crippen LogP contribution in [0, 0.1) is 6.92 Å². The SMILES string of the molecule is Cc1c(C(=O)N2CCCN2C(=O)CN2C(=O)COc3ccccc32)cnn1-c1ccccc1. The maximum atomic E-state index is 13.4. The van der Waals surface area contributed by atoms with Crippen LogP contribution in [0.4, 0.5) is 5.69 Å². The first-order valence-electron chi connectivity index (χ1n) is 10.8. The Labute approximate surface area is 190 Å². The van der Waals surface area contributed by atoms with Crippen molar-refractivity contribution in [1.29, 1.82) is 0 Å². The molecule has 3 amide bonds. The number of hydrogen-bond acceptors (Lipinski definition) is 5. The fourth-order valence-electron chi connectivity index (χ4n) is 4.21. The first-order valence-corrected chi connectivity index (χ1v) is 10.8. The van der Waals surface area contributed by atoms with Gasteiger partial charge in [-0.05, 0) is 37.6 Å². The van der Waals surface area contributed by atoms with E-state index in [9.17, 15) is 14.4 Å². The second kappa shape index (κ2) is 8.42. The molecule has 9 heteroatoms. The minimum absolute atomic E-state index is 0.120. The molecule has 33 heavy (non-hydrogen) atoms. The number of anilines is 1. The zero-order chi connectivity index (χ0) is 22.9. The fraction of sp³-hybridized carbons (Fsp3) is 0.250. The monoisotopic (exact) mass is 445 g/mol. The van der Waals surface area contributed by atoms with Gasteiger partial charge in [0.2, 0.25) is 0 Å². The lowest BCUT2D eigenvalue weighted by molar-refractivity contribution is -0.140. The Bertz CT molecular complexity index is 1220. The van der Waals surface area contributed by atoms with Crippen molar-refractivity contribution in [3.63, 3.8) is 0 Å². The Kier molecular flexibility index (Phi) is 5.29. The van der Waals surface area contributed by atoms with E-state index in [0.29, 0.717) is 42.2 Å². The lowest BCUT2D eigenvalue weighted by atomic mass is 10.2. The van der Waals surface area contributed by atoms with Crippen LogP contribution >= 0.6 is 0 Å². The lowest BCUT2D eigenvalue weighted by Gasteiger charge is -2.32. The average Bonchev–Trinajstić information content (AvgIpc) is 3.48. The molecule has 9 nitrogen and oxygen atoms in total. The third-order valence-electron chi connectivity index (χ3n) is 5.90. The smallest absolute Gasteiger partial charge is 0.275 e. The van der Waals surface area contributed by atoms with Crippen LogP contribution in [0.2, 0.25) is 0 Å². The second-order valence-corrected chi connectivity index (χ2v) is 7.93. The molecule has 0 bridgehead atoms. The molecule has 0 spiro atoms. The van der Waals surface area contributed by atoms with Gasteiger partial charge < -0.3 is 4.74 Å². The Hall–Kier alpha value is -4.14. The van der Waals surface area contributed by atoms with Crippen LogP contribution in [0.15, 0.2) is 60.8 Å². The molecule has 2 aliphatic rings. The summed E-state index contributed by atoms with van der Waals surface area (Å²) in [6.45, 7) is 2.39. The summed E-state index contributed by atoms with van der Waals surface area (Å²) in [6, 6.07) is 16.7. The number of hydrogen-bond donors (Lipinski definition) is 0. The van der Waals surface area contributed by atoms with Crippen molar-refractivity contribution < 1.29 is 19.1 Å². The Morgan fingerprint density at radius 3 is 2.55 bits per heavy atom. The molecule has 3 aromatic rings. The normalized spacial score (nSPS) is 15.4. The summed E-state index contributed by atoms with van der Waals surface area (Å²) < 4.78 is 7.16. The van der Waals surface area contributed by atoms with E-state index >= 15 is 0 Å². The predicted molar refractivity (Wildman–Crippen MR) is 120 cm³/mol. The maximum Gasteiger partial charge on any atom is 0.275 e. The number of rotatable bonds is 4. The lowest BCUT2D eigenvalue weighted by Crippen LogP contribution is -2.51. The van der Waals surface area contributed by atoms with Gasteiger partial charge in [0, 0.05) is 13.1 Å². The molecule has 1 aromatic heterocycles. The number of carbonyl (C=O) groups is 3. The molecule has 0 atom stereocenters. The van der Waals surface area contributed by atoms with Crippen LogP contribution in [0.5, 0.6) is 5.75 Å². The molecule has 0 saturated carbocycles. The Balaban J connectivity index is 1.36. The third-order valence-corrected chi connectivity index (χ3v) is 5.90. The standard InChI is InChI=1S/C24H23N5O4/c1-17-19(14-25-29(17)18-8-3-2-4-9-18)24(32)28-13-7-12-27(28)22(30)15-26-20-10-5-6-11-21(20)33-16-23(26)31/h2-6,8-11,14H,7,12-13,15-16H2,1H3. The number of para-hydroxylation sites is 3. The van der Waals surface area contributed by atoms with Crippen molar-refractivity contribution in [2.45, 2.75) is 13.3 Å². The molecule has 2 aromatic carbocycles. The van der Waals surface area contributed by atoms with Crippen molar-refractivity contribution in [3.05, 3.63) is 72.1 Å². The molecule has 1 fully saturated rings. The number of amides is 3. The van der Waals surface area contributed by atoms with Gasteiger partial charge in [0.25, 0.3) is 17.7 Å². The van der Waals surface area contributed by atoms with Crippen LogP contribution in [-0.2, 0) is 9.59 Å². The predicted octanol–water partition coefficient (Wildman–Crippen LogP) is 2.20. The summed E-state index contributed by atoms with van der Waals surface area (Å²) in [5.74, 6) is -0.337. The highest BCUT2D eigenvalue weighted by atomic mass is 16.5. The van der Waals surface area contributed by atoms with Gasteiger partial charge in [-0.15, -0.1) is 0 Å². The van der Waals surface area contributed by atoms with E-state index < -0.39 is 0 Å². The molecule has 3 heterocycles. The van der Waals surface area contributed by atoms with Crippen molar-refractivity contribution in [1.82, 2.24) is 19.8 Å². The number of fused-ring (bicyclic) bond motifs is 1. The molecule has 0 unspecified atom stereocenters. The summed E-state index contributed by atoms with van der Waals surface area (Å²) in [5, 5.41) is 7.27. The largest absolute Gasteiger partial charge is 0.482 e. The summed E-state index contributed by atoms with van der Waals surface area (Å²) in [7, 11) is 0. The van der Waals surface area contributed by atoms with Gasteiger partial charge in [-0.2, -0.15) is 5.10 Å². The van der Waals surface area contributed by atoms with E-state index in [1.165, 1.54) is 21.1 Å². The third kappa shape index (κ3) is 3.71. The molecule has 0 aliphatic carbocycles. The van der Waals surface area contributed by atoms with Gasteiger partial charge in [0.05, 0.1) is 28.8 Å².